The molecule has 0 atom stereocenters. The first-order valence-corrected chi connectivity index (χ1v) is 4.83. The number of H-pyrrole nitrogens is 1. The second kappa shape index (κ2) is 3.45. The van der Waals surface area contributed by atoms with Crippen molar-refractivity contribution in [1.82, 2.24) is 25.3 Å². The maximum Gasteiger partial charge on any atom is 0.239 e. The highest BCUT2D eigenvalue weighted by molar-refractivity contribution is 5.39. The minimum atomic E-state index is -0.106. The van der Waals surface area contributed by atoms with Crippen molar-refractivity contribution in [1.29, 1.82) is 0 Å². The molecule has 0 aromatic carbocycles. The highest BCUT2D eigenvalue weighted by Crippen LogP contribution is 2.26. The molecule has 0 unspecified atom stereocenters. The molecule has 0 fully saturated rings. The van der Waals surface area contributed by atoms with Gasteiger partial charge in [-0.1, -0.05) is 25.9 Å². The standard InChI is InChI=1S/C9H13N5O/c1-4-9(2,3)8-12-7(14-15-8)6-10-5-11-13-6/h5H,4H2,1-3H3,(H,10,11,13). The number of aromatic nitrogens is 5. The zero-order valence-corrected chi connectivity index (χ0v) is 8.98. The molecule has 80 valence electrons. The van der Waals surface area contributed by atoms with Gasteiger partial charge in [-0.2, -0.15) is 10.1 Å². The van der Waals surface area contributed by atoms with E-state index in [1.165, 1.54) is 6.33 Å². The topological polar surface area (TPSA) is 80.5 Å². The summed E-state index contributed by atoms with van der Waals surface area (Å²) in [4.78, 5) is 8.24. The normalized spacial score (nSPS) is 11.9. The van der Waals surface area contributed by atoms with Crippen LogP contribution in [-0.4, -0.2) is 25.3 Å². The monoisotopic (exact) mass is 207 g/mol. The molecule has 0 radical (unpaired) electrons. The van der Waals surface area contributed by atoms with Gasteiger partial charge in [-0.15, -0.1) is 0 Å². The number of aromatic amines is 1. The van der Waals surface area contributed by atoms with Crippen LogP contribution in [0.3, 0.4) is 0 Å². The van der Waals surface area contributed by atoms with E-state index in [2.05, 4.69) is 46.1 Å². The van der Waals surface area contributed by atoms with Gasteiger partial charge in [-0.25, -0.2) is 4.98 Å². The lowest BCUT2D eigenvalue weighted by atomic mass is 9.90. The van der Waals surface area contributed by atoms with Crippen molar-refractivity contribution >= 4 is 0 Å². The van der Waals surface area contributed by atoms with Crippen molar-refractivity contribution in [2.24, 2.45) is 0 Å². The molecule has 0 saturated heterocycles. The maximum atomic E-state index is 5.20. The lowest BCUT2D eigenvalue weighted by molar-refractivity contribution is 0.302. The highest BCUT2D eigenvalue weighted by Gasteiger charge is 2.26. The number of nitrogens with zero attached hydrogens (tertiary/aromatic N) is 4. The summed E-state index contributed by atoms with van der Waals surface area (Å²) in [6, 6.07) is 0. The first-order valence-electron chi connectivity index (χ1n) is 4.83. The summed E-state index contributed by atoms with van der Waals surface area (Å²) in [5.41, 5.74) is -0.106. The molecule has 0 aliphatic rings. The van der Waals surface area contributed by atoms with Crippen molar-refractivity contribution in [3.05, 3.63) is 12.2 Å². The van der Waals surface area contributed by atoms with Gasteiger partial charge in [-0.05, 0) is 6.42 Å². The predicted molar refractivity (Wildman–Crippen MR) is 53.0 cm³/mol. The second-order valence-electron chi connectivity index (χ2n) is 3.99. The summed E-state index contributed by atoms with van der Waals surface area (Å²) in [5, 5.41) is 10.3. The van der Waals surface area contributed by atoms with Crippen molar-refractivity contribution in [2.75, 3.05) is 0 Å². The average Bonchev–Trinajstić information content (AvgIpc) is 2.88. The smallest absolute Gasteiger partial charge is 0.239 e. The van der Waals surface area contributed by atoms with E-state index < -0.39 is 0 Å². The van der Waals surface area contributed by atoms with E-state index >= 15 is 0 Å². The third-order valence-corrected chi connectivity index (χ3v) is 2.52. The molecule has 2 aromatic heterocycles. The van der Waals surface area contributed by atoms with Crippen LogP contribution in [-0.2, 0) is 5.41 Å². The van der Waals surface area contributed by atoms with E-state index in [-0.39, 0.29) is 5.41 Å². The van der Waals surface area contributed by atoms with Crippen LogP contribution in [0.2, 0.25) is 0 Å². The van der Waals surface area contributed by atoms with Crippen LogP contribution in [0.5, 0.6) is 0 Å². The van der Waals surface area contributed by atoms with Crippen LogP contribution in [0.1, 0.15) is 33.1 Å². The minimum absolute atomic E-state index is 0.106. The SMILES string of the molecule is CCC(C)(C)c1nc(-c2ncn[nH]2)no1. The zero-order chi connectivity index (χ0) is 10.9. The third-order valence-electron chi connectivity index (χ3n) is 2.52. The van der Waals surface area contributed by atoms with E-state index in [1.54, 1.807) is 0 Å². The Bertz CT molecular complexity index is 431. The maximum absolute atomic E-state index is 5.20. The van der Waals surface area contributed by atoms with Gasteiger partial charge in [0.25, 0.3) is 0 Å². The van der Waals surface area contributed by atoms with Gasteiger partial charge < -0.3 is 4.52 Å². The largest absolute Gasteiger partial charge is 0.338 e. The van der Waals surface area contributed by atoms with Crippen molar-refractivity contribution in [2.45, 2.75) is 32.6 Å². The average molecular weight is 207 g/mol. The van der Waals surface area contributed by atoms with E-state index in [0.717, 1.165) is 6.42 Å². The molecule has 0 saturated carbocycles. The van der Waals surface area contributed by atoms with Gasteiger partial charge in [-0.3, -0.25) is 5.10 Å². The predicted octanol–water partition coefficient (Wildman–Crippen LogP) is 1.54. The fourth-order valence-corrected chi connectivity index (χ4v) is 1.06. The van der Waals surface area contributed by atoms with Crippen LogP contribution in [0.15, 0.2) is 10.9 Å². The highest BCUT2D eigenvalue weighted by atomic mass is 16.5. The summed E-state index contributed by atoms with van der Waals surface area (Å²) in [6.07, 6.45) is 2.35. The molecule has 6 heteroatoms. The number of nitrogens with one attached hydrogen (secondary N) is 1. The van der Waals surface area contributed by atoms with Crippen LogP contribution in [0, 0.1) is 0 Å². The Balaban J connectivity index is 2.33. The van der Waals surface area contributed by atoms with Gasteiger partial charge in [0.2, 0.25) is 11.7 Å². The van der Waals surface area contributed by atoms with Crippen LogP contribution >= 0.6 is 0 Å². The Morgan fingerprint density at radius 2 is 2.27 bits per heavy atom. The lowest BCUT2D eigenvalue weighted by Crippen LogP contribution is -2.15. The first kappa shape index (κ1) is 9.82. The van der Waals surface area contributed by atoms with E-state index in [9.17, 15) is 0 Å². The molecule has 15 heavy (non-hydrogen) atoms. The molecular formula is C9H13N5O. The van der Waals surface area contributed by atoms with Gasteiger partial charge in [0, 0.05) is 5.41 Å². The second-order valence-corrected chi connectivity index (χ2v) is 3.99. The summed E-state index contributed by atoms with van der Waals surface area (Å²) < 4.78 is 5.20. The quantitative estimate of drug-likeness (QED) is 0.825. The van der Waals surface area contributed by atoms with Crippen LogP contribution < -0.4 is 0 Å². The molecule has 0 aliphatic heterocycles. The Hall–Kier alpha value is -1.72. The van der Waals surface area contributed by atoms with Crippen molar-refractivity contribution in [3.63, 3.8) is 0 Å². The molecule has 0 aliphatic carbocycles. The molecule has 2 aromatic rings. The number of hydrogen-bond donors (Lipinski definition) is 1. The van der Waals surface area contributed by atoms with Gasteiger partial charge >= 0.3 is 0 Å². The van der Waals surface area contributed by atoms with E-state index in [1.807, 2.05) is 0 Å². The van der Waals surface area contributed by atoms with Crippen molar-refractivity contribution < 1.29 is 4.52 Å². The minimum Gasteiger partial charge on any atom is -0.338 e. The Kier molecular flexibility index (Phi) is 2.26. The molecule has 2 heterocycles. The van der Waals surface area contributed by atoms with Crippen molar-refractivity contribution in [3.8, 4) is 11.6 Å². The van der Waals surface area contributed by atoms with Gasteiger partial charge in [0.05, 0.1) is 0 Å². The third kappa shape index (κ3) is 1.74. The van der Waals surface area contributed by atoms with Crippen LogP contribution in [0.4, 0.5) is 0 Å². The summed E-state index contributed by atoms with van der Waals surface area (Å²) in [5.74, 6) is 1.59. The zero-order valence-electron chi connectivity index (χ0n) is 8.98. The van der Waals surface area contributed by atoms with E-state index in [0.29, 0.717) is 17.5 Å². The summed E-state index contributed by atoms with van der Waals surface area (Å²) in [7, 11) is 0. The molecule has 0 spiro atoms. The molecular weight excluding hydrogens is 194 g/mol. The van der Waals surface area contributed by atoms with Gasteiger partial charge in [0.1, 0.15) is 6.33 Å². The van der Waals surface area contributed by atoms with Crippen LogP contribution in [0.25, 0.3) is 11.6 Å². The fraction of sp³-hybridized carbons (Fsp3) is 0.556. The Morgan fingerprint density at radius 3 is 2.87 bits per heavy atom. The Labute approximate surface area is 87.1 Å². The lowest BCUT2D eigenvalue weighted by Gasteiger charge is -2.15. The first-order chi connectivity index (χ1) is 7.13. The van der Waals surface area contributed by atoms with E-state index in [4.69, 9.17) is 4.52 Å². The number of hydrogen-bond acceptors (Lipinski definition) is 5. The summed E-state index contributed by atoms with van der Waals surface area (Å²) >= 11 is 0. The molecule has 0 amide bonds. The van der Waals surface area contributed by atoms with Gasteiger partial charge in [0.15, 0.2) is 5.82 Å². The molecule has 0 bridgehead atoms. The summed E-state index contributed by atoms with van der Waals surface area (Å²) in [6.45, 7) is 6.20. The molecule has 6 nitrogen and oxygen atoms in total. The number of rotatable bonds is 3. The fourth-order valence-electron chi connectivity index (χ4n) is 1.06. The molecule has 2 rings (SSSR count). The molecule has 1 N–H and O–H groups in total. The Morgan fingerprint density at radius 1 is 1.47 bits per heavy atom.